The van der Waals surface area contributed by atoms with Gasteiger partial charge in [0.1, 0.15) is 5.75 Å². The monoisotopic (exact) mass is 316 g/mol. The molecule has 5 nitrogen and oxygen atoms in total. The molecule has 1 atom stereocenters. The predicted octanol–water partition coefficient (Wildman–Crippen LogP) is 2.56. The highest BCUT2D eigenvalue weighted by Gasteiger charge is 2.50. The van der Waals surface area contributed by atoms with Crippen molar-refractivity contribution in [3.05, 3.63) is 23.8 Å². The second kappa shape index (κ2) is 5.87. The lowest BCUT2D eigenvalue weighted by Gasteiger charge is -2.39. The number of amides is 2. The molecule has 0 saturated heterocycles. The first-order chi connectivity index (χ1) is 10.9. The number of nitrogens with one attached hydrogen (secondary N) is 1. The molecular weight excluding hydrogens is 292 g/mol. The van der Waals surface area contributed by atoms with Gasteiger partial charge in [-0.25, -0.2) is 0 Å². The number of nitrogens with zero attached hydrogens (tertiary/aromatic N) is 1. The second-order valence-corrected chi connectivity index (χ2v) is 6.78. The minimum Gasteiger partial charge on any atom is -0.466 e. The number of benzene rings is 1. The molecule has 1 fully saturated rings. The molecule has 1 aliphatic heterocycles. The van der Waals surface area contributed by atoms with Crippen LogP contribution in [-0.2, 0) is 9.59 Å². The van der Waals surface area contributed by atoms with Gasteiger partial charge in [-0.1, -0.05) is 25.3 Å². The van der Waals surface area contributed by atoms with Gasteiger partial charge in [-0.2, -0.15) is 0 Å². The number of hydrogen-bond acceptors (Lipinski definition) is 3. The molecule has 1 aromatic carbocycles. The number of aryl methyl sites for hydroxylation is 1. The first kappa shape index (κ1) is 15.8. The maximum absolute atomic E-state index is 12.7. The fourth-order valence-corrected chi connectivity index (χ4v) is 3.38. The van der Waals surface area contributed by atoms with Gasteiger partial charge in [-0.3, -0.25) is 9.59 Å². The molecule has 1 unspecified atom stereocenters. The molecule has 1 saturated carbocycles. The smallest absolute Gasteiger partial charge is 0.280 e. The minimum absolute atomic E-state index is 0.147. The van der Waals surface area contributed by atoms with Crippen LogP contribution in [0.25, 0.3) is 0 Å². The molecule has 2 aliphatic rings. The first-order valence-corrected chi connectivity index (χ1v) is 8.30. The maximum Gasteiger partial charge on any atom is 0.280 e. The molecule has 3 rings (SSSR count). The molecule has 0 bridgehead atoms. The molecule has 5 heteroatoms. The highest BCUT2D eigenvalue weighted by Crippen LogP contribution is 2.37. The Morgan fingerprint density at radius 3 is 2.70 bits per heavy atom. The molecule has 23 heavy (non-hydrogen) atoms. The number of carbonyl (C=O) groups is 2. The Bertz CT molecular complexity index is 637. The summed E-state index contributed by atoms with van der Waals surface area (Å²) in [5.41, 5.74) is 0.245. The summed E-state index contributed by atoms with van der Waals surface area (Å²) in [6, 6.07) is 5.78. The van der Waals surface area contributed by atoms with Crippen molar-refractivity contribution in [2.45, 2.75) is 57.6 Å². The first-order valence-electron chi connectivity index (χ1n) is 8.30. The van der Waals surface area contributed by atoms with Gasteiger partial charge in [0.05, 0.1) is 5.69 Å². The summed E-state index contributed by atoms with van der Waals surface area (Å²) in [6.07, 6.45) is 5.41. The van der Waals surface area contributed by atoms with Gasteiger partial charge < -0.3 is 15.0 Å². The van der Waals surface area contributed by atoms with E-state index >= 15 is 0 Å². The quantitative estimate of drug-likeness (QED) is 0.853. The van der Waals surface area contributed by atoms with E-state index in [9.17, 15) is 9.59 Å². The lowest BCUT2D eigenvalue weighted by Crippen LogP contribution is -2.62. The third-order valence-corrected chi connectivity index (χ3v) is 4.88. The number of hydrogen-bond donors (Lipinski definition) is 1. The summed E-state index contributed by atoms with van der Waals surface area (Å²) in [7, 11) is 1.69. The van der Waals surface area contributed by atoms with Gasteiger partial charge in [0.25, 0.3) is 17.4 Å². The summed E-state index contributed by atoms with van der Waals surface area (Å²) in [5.74, 6) is -0.102. The Balaban J connectivity index is 1.84. The van der Waals surface area contributed by atoms with E-state index in [-0.39, 0.29) is 17.9 Å². The Hall–Kier alpha value is -2.04. The van der Waals surface area contributed by atoms with E-state index in [1.165, 1.54) is 11.3 Å². The van der Waals surface area contributed by atoms with Crippen LogP contribution in [-0.4, -0.2) is 30.5 Å². The van der Waals surface area contributed by atoms with Gasteiger partial charge in [-0.05, 0) is 44.4 Å². The molecule has 0 aromatic heterocycles. The van der Waals surface area contributed by atoms with E-state index in [0.29, 0.717) is 11.4 Å². The normalized spacial score (nSPS) is 24.8. The third-order valence-electron chi connectivity index (χ3n) is 4.88. The molecule has 1 aliphatic carbocycles. The average Bonchev–Trinajstić information content (AvgIpc) is 2.54. The van der Waals surface area contributed by atoms with Crippen molar-refractivity contribution in [1.82, 2.24) is 5.32 Å². The van der Waals surface area contributed by atoms with Gasteiger partial charge >= 0.3 is 0 Å². The fourth-order valence-electron chi connectivity index (χ4n) is 3.38. The van der Waals surface area contributed by atoms with Crippen LogP contribution < -0.4 is 15.0 Å². The highest BCUT2D eigenvalue weighted by molar-refractivity contribution is 6.16. The van der Waals surface area contributed by atoms with E-state index in [1.807, 2.05) is 25.1 Å². The van der Waals surface area contributed by atoms with E-state index < -0.39 is 5.60 Å². The van der Waals surface area contributed by atoms with Crippen LogP contribution >= 0.6 is 0 Å². The van der Waals surface area contributed by atoms with E-state index in [4.69, 9.17) is 4.74 Å². The highest BCUT2D eigenvalue weighted by atomic mass is 16.5. The van der Waals surface area contributed by atoms with Crippen LogP contribution in [0.5, 0.6) is 5.75 Å². The van der Waals surface area contributed by atoms with Crippen LogP contribution in [0.2, 0.25) is 0 Å². The van der Waals surface area contributed by atoms with Gasteiger partial charge in [0.2, 0.25) is 0 Å². The van der Waals surface area contributed by atoms with Crippen molar-refractivity contribution >= 4 is 17.5 Å². The molecule has 2 amide bonds. The summed E-state index contributed by atoms with van der Waals surface area (Å²) in [4.78, 5) is 27.0. The van der Waals surface area contributed by atoms with Crippen LogP contribution in [0.1, 0.15) is 44.6 Å². The fraction of sp³-hybridized carbons (Fsp3) is 0.556. The summed E-state index contributed by atoms with van der Waals surface area (Å²) < 4.78 is 5.86. The summed E-state index contributed by atoms with van der Waals surface area (Å²) in [6.45, 7) is 3.52. The maximum atomic E-state index is 12.7. The van der Waals surface area contributed by atoms with Crippen molar-refractivity contribution in [2.24, 2.45) is 0 Å². The molecular formula is C18H24N2O3. The van der Waals surface area contributed by atoms with E-state index in [0.717, 1.165) is 31.2 Å². The minimum atomic E-state index is -1.51. The molecule has 0 radical (unpaired) electrons. The van der Waals surface area contributed by atoms with Crippen LogP contribution in [0.4, 0.5) is 5.69 Å². The van der Waals surface area contributed by atoms with Crippen molar-refractivity contribution in [3.8, 4) is 5.75 Å². The van der Waals surface area contributed by atoms with Crippen molar-refractivity contribution < 1.29 is 14.3 Å². The van der Waals surface area contributed by atoms with E-state index in [1.54, 1.807) is 14.0 Å². The van der Waals surface area contributed by atoms with Gasteiger partial charge in [0, 0.05) is 13.1 Å². The van der Waals surface area contributed by atoms with Crippen LogP contribution in [0.3, 0.4) is 0 Å². The average molecular weight is 316 g/mol. The van der Waals surface area contributed by atoms with E-state index in [2.05, 4.69) is 5.32 Å². The molecule has 1 heterocycles. The number of rotatable bonds is 2. The zero-order valence-corrected chi connectivity index (χ0v) is 14.0. The molecule has 1 aromatic rings. The number of carbonyl (C=O) groups excluding carboxylic acids is 2. The van der Waals surface area contributed by atoms with Crippen molar-refractivity contribution in [3.63, 3.8) is 0 Å². The predicted molar refractivity (Wildman–Crippen MR) is 88.6 cm³/mol. The Morgan fingerprint density at radius 2 is 2.00 bits per heavy atom. The Morgan fingerprint density at radius 1 is 1.30 bits per heavy atom. The Kier molecular flexibility index (Phi) is 4.04. The number of ether oxygens (including phenoxy) is 1. The molecule has 124 valence electrons. The van der Waals surface area contributed by atoms with Gasteiger partial charge in [0.15, 0.2) is 0 Å². The third kappa shape index (κ3) is 2.80. The SMILES string of the molecule is Cc1ccc2c(c1)N(C)C(=O)C(C)(C(=O)NC1CCCCC1)O2. The van der Waals surface area contributed by atoms with Crippen LogP contribution in [0.15, 0.2) is 18.2 Å². The van der Waals surface area contributed by atoms with Crippen molar-refractivity contribution in [2.75, 3.05) is 11.9 Å². The summed E-state index contributed by atoms with van der Waals surface area (Å²) in [5, 5.41) is 3.01. The molecule has 0 spiro atoms. The lowest BCUT2D eigenvalue weighted by molar-refractivity contribution is -0.148. The van der Waals surface area contributed by atoms with Crippen molar-refractivity contribution in [1.29, 1.82) is 0 Å². The summed E-state index contributed by atoms with van der Waals surface area (Å²) >= 11 is 0. The largest absolute Gasteiger partial charge is 0.466 e. The van der Waals surface area contributed by atoms with Gasteiger partial charge in [-0.15, -0.1) is 0 Å². The second-order valence-electron chi connectivity index (χ2n) is 6.78. The standard InChI is InChI=1S/C18H24N2O3/c1-12-9-10-15-14(11-12)20(3)17(22)18(2,23-15)16(21)19-13-7-5-4-6-8-13/h9-11,13H,4-8H2,1-3H3,(H,19,21). The topological polar surface area (TPSA) is 58.6 Å². The van der Waals surface area contributed by atoms with Crippen LogP contribution in [0, 0.1) is 6.92 Å². The Labute approximate surface area is 137 Å². The molecule has 1 N–H and O–H groups in total. The number of anilines is 1. The lowest BCUT2D eigenvalue weighted by atomic mass is 9.93. The zero-order valence-electron chi connectivity index (χ0n) is 14.0. The number of likely N-dealkylation sites (N-methyl/N-ethyl adjacent to an activating group) is 1. The zero-order chi connectivity index (χ0) is 16.6. The number of fused-ring (bicyclic) bond motifs is 1.